The van der Waals surface area contributed by atoms with Crippen molar-refractivity contribution in [1.82, 2.24) is 9.78 Å². The molecule has 0 N–H and O–H groups in total. The second-order valence-corrected chi connectivity index (χ2v) is 7.48. The molecule has 0 radical (unpaired) electrons. The molecule has 0 aliphatic rings. The number of ketones is 1. The van der Waals surface area contributed by atoms with Crippen LogP contribution in [0.4, 0.5) is 0 Å². The van der Waals surface area contributed by atoms with E-state index in [2.05, 4.69) is 0 Å². The third-order valence-electron chi connectivity index (χ3n) is 4.60. The molecule has 3 aromatic heterocycles. The van der Waals surface area contributed by atoms with Gasteiger partial charge in [0, 0.05) is 17.1 Å². The summed E-state index contributed by atoms with van der Waals surface area (Å²) in [5.41, 5.74) is 3.26. The van der Waals surface area contributed by atoms with E-state index >= 15 is 0 Å². The second-order valence-electron chi connectivity index (χ2n) is 6.54. The van der Waals surface area contributed by atoms with E-state index in [1.807, 2.05) is 84.4 Å². The first-order chi connectivity index (χ1) is 14.3. The number of aromatic nitrogens is 2. The number of furan rings is 1. The van der Waals surface area contributed by atoms with E-state index in [1.54, 1.807) is 16.8 Å². The highest BCUT2D eigenvalue weighted by atomic mass is 32.1. The van der Waals surface area contributed by atoms with Crippen LogP contribution < -0.4 is 0 Å². The Bertz CT molecular complexity index is 1280. The molecule has 0 saturated heterocycles. The van der Waals surface area contributed by atoms with Crippen LogP contribution in [0.1, 0.15) is 15.2 Å². The standard InChI is InChI=1S/C24H16N2O2S/c27-20(23-11-6-14-29-23)13-12-18-16-26(19-8-2-1-3-9-19)25-24(18)22-15-17-7-4-5-10-21(17)28-22/h1-16H/b13-12+. The number of carbonyl (C=O) groups excluding carboxylic acids is 1. The van der Waals surface area contributed by atoms with Gasteiger partial charge in [0.25, 0.3) is 0 Å². The Hall–Kier alpha value is -3.70. The molecule has 0 aliphatic heterocycles. The molecule has 0 unspecified atom stereocenters. The predicted octanol–water partition coefficient (Wildman–Crippen LogP) is 6.24. The Balaban J connectivity index is 1.60. The molecule has 5 rings (SSSR count). The lowest BCUT2D eigenvalue weighted by Crippen LogP contribution is -1.93. The Kier molecular flexibility index (Phi) is 4.42. The van der Waals surface area contributed by atoms with E-state index in [-0.39, 0.29) is 5.78 Å². The fraction of sp³-hybridized carbons (Fsp3) is 0. The SMILES string of the molecule is O=C(/C=C/c1cn(-c2ccccc2)nc1-c1cc2ccccc2o1)c1cccs1. The number of rotatable bonds is 5. The van der Waals surface area contributed by atoms with Crippen molar-refractivity contribution in [3.63, 3.8) is 0 Å². The third kappa shape index (κ3) is 3.44. The average molecular weight is 396 g/mol. The smallest absolute Gasteiger partial charge is 0.195 e. The van der Waals surface area contributed by atoms with Gasteiger partial charge in [0.15, 0.2) is 11.5 Å². The van der Waals surface area contributed by atoms with E-state index in [0.717, 1.165) is 22.2 Å². The lowest BCUT2D eigenvalue weighted by atomic mass is 10.1. The van der Waals surface area contributed by atoms with Crippen molar-refractivity contribution in [3.8, 4) is 17.1 Å². The Morgan fingerprint density at radius 3 is 2.62 bits per heavy atom. The zero-order valence-corrected chi connectivity index (χ0v) is 16.2. The molecule has 140 valence electrons. The number of hydrogen-bond acceptors (Lipinski definition) is 4. The van der Waals surface area contributed by atoms with Crippen LogP contribution >= 0.6 is 11.3 Å². The van der Waals surface area contributed by atoms with Crippen molar-refractivity contribution < 1.29 is 9.21 Å². The summed E-state index contributed by atoms with van der Waals surface area (Å²) in [6.07, 6.45) is 5.30. The lowest BCUT2D eigenvalue weighted by Gasteiger charge is -1.98. The van der Waals surface area contributed by atoms with E-state index in [9.17, 15) is 4.79 Å². The Labute approximate surface area is 171 Å². The minimum atomic E-state index is -0.0250. The topological polar surface area (TPSA) is 48.0 Å². The summed E-state index contributed by atoms with van der Waals surface area (Å²) in [5, 5.41) is 7.66. The van der Waals surface area contributed by atoms with Crippen molar-refractivity contribution >= 4 is 34.2 Å². The van der Waals surface area contributed by atoms with Crippen LogP contribution in [0.15, 0.2) is 94.9 Å². The maximum absolute atomic E-state index is 12.4. The zero-order chi connectivity index (χ0) is 19.6. The monoisotopic (exact) mass is 396 g/mol. The summed E-state index contributed by atoms with van der Waals surface area (Å²) in [6.45, 7) is 0. The number of allylic oxidation sites excluding steroid dienone is 1. The van der Waals surface area contributed by atoms with Crippen LogP contribution in [-0.2, 0) is 0 Å². The van der Waals surface area contributed by atoms with Crippen molar-refractivity contribution in [2.75, 3.05) is 0 Å². The van der Waals surface area contributed by atoms with Crippen LogP contribution in [0.2, 0.25) is 0 Å². The lowest BCUT2D eigenvalue weighted by molar-refractivity contribution is 0.105. The Morgan fingerprint density at radius 2 is 1.83 bits per heavy atom. The first-order valence-corrected chi connectivity index (χ1v) is 10.1. The zero-order valence-electron chi connectivity index (χ0n) is 15.4. The van der Waals surface area contributed by atoms with Gasteiger partial charge in [-0.3, -0.25) is 4.79 Å². The third-order valence-corrected chi connectivity index (χ3v) is 5.48. The van der Waals surface area contributed by atoms with Gasteiger partial charge in [-0.2, -0.15) is 5.10 Å². The maximum atomic E-state index is 12.4. The highest BCUT2D eigenvalue weighted by Crippen LogP contribution is 2.30. The summed E-state index contributed by atoms with van der Waals surface area (Å²) in [6, 6.07) is 23.4. The van der Waals surface area contributed by atoms with E-state index < -0.39 is 0 Å². The molecule has 0 atom stereocenters. The van der Waals surface area contributed by atoms with Gasteiger partial charge in [-0.25, -0.2) is 4.68 Å². The fourth-order valence-corrected chi connectivity index (χ4v) is 3.82. The van der Waals surface area contributed by atoms with Crippen LogP contribution in [0.25, 0.3) is 34.2 Å². The molecule has 29 heavy (non-hydrogen) atoms. The quantitative estimate of drug-likeness (QED) is 0.261. The normalized spacial score (nSPS) is 11.4. The molecule has 2 aromatic carbocycles. The molecule has 0 saturated carbocycles. The van der Waals surface area contributed by atoms with Gasteiger partial charge < -0.3 is 4.42 Å². The summed E-state index contributed by atoms with van der Waals surface area (Å²) in [5.74, 6) is 0.645. The minimum absolute atomic E-state index is 0.0250. The highest BCUT2D eigenvalue weighted by molar-refractivity contribution is 7.12. The summed E-state index contributed by atoms with van der Waals surface area (Å²) in [7, 11) is 0. The number of hydrogen-bond donors (Lipinski definition) is 0. The second kappa shape index (κ2) is 7.37. The number of para-hydroxylation sites is 2. The minimum Gasteiger partial charge on any atom is -0.454 e. The molecule has 0 fully saturated rings. The van der Waals surface area contributed by atoms with Gasteiger partial charge in [0.2, 0.25) is 0 Å². The maximum Gasteiger partial charge on any atom is 0.195 e. The molecule has 0 aliphatic carbocycles. The molecular weight excluding hydrogens is 380 g/mol. The molecule has 0 amide bonds. The molecular formula is C24H16N2O2S. The largest absolute Gasteiger partial charge is 0.454 e. The molecule has 0 spiro atoms. The van der Waals surface area contributed by atoms with Crippen molar-refractivity contribution in [3.05, 3.63) is 101 Å². The highest BCUT2D eigenvalue weighted by Gasteiger charge is 2.15. The van der Waals surface area contributed by atoms with Gasteiger partial charge >= 0.3 is 0 Å². The average Bonchev–Trinajstić information content (AvgIpc) is 3.51. The van der Waals surface area contributed by atoms with Crippen molar-refractivity contribution in [2.45, 2.75) is 0 Å². The number of fused-ring (bicyclic) bond motifs is 1. The molecule has 5 aromatic rings. The van der Waals surface area contributed by atoms with Crippen molar-refractivity contribution in [1.29, 1.82) is 0 Å². The van der Waals surface area contributed by atoms with E-state index in [4.69, 9.17) is 9.52 Å². The summed E-state index contributed by atoms with van der Waals surface area (Å²) < 4.78 is 7.83. The summed E-state index contributed by atoms with van der Waals surface area (Å²) >= 11 is 1.43. The van der Waals surface area contributed by atoms with Crippen LogP contribution in [-0.4, -0.2) is 15.6 Å². The molecule has 0 bridgehead atoms. The van der Waals surface area contributed by atoms with Crippen LogP contribution in [0.5, 0.6) is 0 Å². The molecule has 4 nitrogen and oxygen atoms in total. The predicted molar refractivity (Wildman–Crippen MR) is 116 cm³/mol. The van der Waals surface area contributed by atoms with Crippen molar-refractivity contribution in [2.24, 2.45) is 0 Å². The fourth-order valence-electron chi connectivity index (χ4n) is 3.18. The van der Waals surface area contributed by atoms with Crippen LogP contribution in [0, 0.1) is 0 Å². The molecule has 3 heterocycles. The van der Waals surface area contributed by atoms with Crippen LogP contribution in [0.3, 0.4) is 0 Å². The van der Waals surface area contributed by atoms with Gasteiger partial charge in [0.1, 0.15) is 11.3 Å². The number of thiophene rings is 1. The first-order valence-electron chi connectivity index (χ1n) is 9.18. The van der Waals surface area contributed by atoms with E-state index in [0.29, 0.717) is 16.3 Å². The number of benzene rings is 2. The van der Waals surface area contributed by atoms with Gasteiger partial charge in [-0.1, -0.05) is 42.5 Å². The number of nitrogens with zero attached hydrogens (tertiary/aromatic N) is 2. The van der Waals surface area contributed by atoms with E-state index in [1.165, 1.54) is 11.3 Å². The first kappa shape index (κ1) is 17.4. The van der Waals surface area contributed by atoms with Gasteiger partial charge in [0.05, 0.1) is 10.6 Å². The summed E-state index contributed by atoms with van der Waals surface area (Å²) in [4.78, 5) is 13.1. The Morgan fingerprint density at radius 1 is 1.00 bits per heavy atom. The molecule has 5 heteroatoms. The number of carbonyl (C=O) groups is 1. The van der Waals surface area contributed by atoms with Gasteiger partial charge in [-0.05, 0) is 47.9 Å². The van der Waals surface area contributed by atoms with Gasteiger partial charge in [-0.15, -0.1) is 11.3 Å².